The molecule has 4 heteroatoms. The zero-order chi connectivity index (χ0) is 7.84. The van der Waals surface area contributed by atoms with Crippen molar-refractivity contribution in [2.75, 3.05) is 13.1 Å². The minimum Gasteiger partial charge on any atom is -0.345 e. The monoisotopic (exact) mass is 154 g/mol. The van der Waals surface area contributed by atoms with Crippen molar-refractivity contribution in [3.63, 3.8) is 0 Å². The highest BCUT2D eigenvalue weighted by atomic mass is 16.2. The zero-order valence-corrected chi connectivity index (χ0v) is 6.17. The molecule has 0 atom stereocenters. The minimum absolute atomic E-state index is 0.0310. The van der Waals surface area contributed by atoms with Crippen molar-refractivity contribution >= 4 is 11.8 Å². The van der Waals surface area contributed by atoms with Crippen molar-refractivity contribution in [1.29, 1.82) is 0 Å². The Hall–Kier alpha value is -1.06. The van der Waals surface area contributed by atoms with E-state index in [9.17, 15) is 9.59 Å². The number of piperazine rings is 1. The summed E-state index contributed by atoms with van der Waals surface area (Å²) in [5.74, 6) is 0.0311. The maximum atomic E-state index is 11.1. The lowest BCUT2D eigenvalue weighted by molar-refractivity contribution is -0.141. The smallest absolute Gasteiger partial charge is 0.242 e. The molecule has 1 saturated carbocycles. The minimum atomic E-state index is -0.0310. The van der Waals surface area contributed by atoms with Gasteiger partial charge in [0.1, 0.15) is 0 Å². The number of nitrogens with zero attached hydrogens (tertiary/aromatic N) is 1. The highest BCUT2D eigenvalue weighted by molar-refractivity contribution is 5.92. The quantitative estimate of drug-likeness (QED) is 0.532. The molecule has 2 aliphatic rings. The van der Waals surface area contributed by atoms with E-state index in [-0.39, 0.29) is 24.9 Å². The van der Waals surface area contributed by atoms with Crippen LogP contribution in [-0.2, 0) is 9.59 Å². The highest BCUT2D eigenvalue weighted by Gasteiger charge is 2.35. The van der Waals surface area contributed by atoms with Crippen LogP contribution in [0, 0.1) is 0 Å². The summed E-state index contributed by atoms with van der Waals surface area (Å²) >= 11 is 0. The lowest BCUT2D eigenvalue weighted by atomic mass is 10.3. The summed E-state index contributed by atoms with van der Waals surface area (Å²) in [5.41, 5.74) is 0. The van der Waals surface area contributed by atoms with Crippen LogP contribution in [0.15, 0.2) is 0 Å². The average Bonchev–Trinajstić information content (AvgIpc) is 2.76. The number of rotatable bonds is 1. The summed E-state index contributed by atoms with van der Waals surface area (Å²) in [7, 11) is 0. The first kappa shape index (κ1) is 6.64. The molecule has 0 unspecified atom stereocenters. The largest absolute Gasteiger partial charge is 0.345 e. The molecule has 0 aromatic heterocycles. The van der Waals surface area contributed by atoms with Gasteiger partial charge in [-0.3, -0.25) is 9.59 Å². The molecule has 1 saturated heterocycles. The van der Waals surface area contributed by atoms with Gasteiger partial charge in [-0.2, -0.15) is 0 Å². The SMILES string of the molecule is O=C1CN(C2CC2)C(=O)CN1. The molecular weight excluding hydrogens is 144 g/mol. The third kappa shape index (κ3) is 1.20. The van der Waals surface area contributed by atoms with E-state index in [1.54, 1.807) is 4.90 Å². The van der Waals surface area contributed by atoms with Crippen molar-refractivity contribution in [1.82, 2.24) is 10.2 Å². The maximum absolute atomic E-state index is 11.1. The van der Waals surface area contributed by atoms with Crippen molar-refractivity contribution in [2.24, 2.45) is 0 Å². The fourth-order valence-electron chi connectivity index (χ4n) is 1.29. The lowest BCUT2D eigenvalue weighted by Crippen LogP contribution is -2.52. The molecule has 1 aliphatic carbocycles. The van der Waals surface area contributed by atoms with E-state index in [0.717, 1.165) is 12.8 Å². The fraction of sp³-hybridized carbons (Fsp3) is 0.714. The van der Waals surface area contributed by atoms with Crippen LogP contribution >= 0.6 is 0 Å². The van der Waals surface area contributed by atoms with Crippen LogP contribution in [0.25, 0.3) is 0 Å². The summed E-state index contributed by atoms with van der Waals surface area (Å²) in [6, 6.07) is 0.369. The van der Waals surface area contributed by atoms with Crippen LogP contribution in [0.4, 0.5) is 0 Å². The van der Waals surface area contributed by atoms with Gasteiger partial charge in [0, 0.05) is 6.04 Å². The molecular formula is C7H10N2O2. The summed E-state index contributed by atoms with van der Waals surface area (Å²) < 4.78 is 0. The third-order valence-electron chi connectivity index (χ3n) is 2.06. The van der Waals surface area contributed by atoms with E-state index in [1.165, 1.54) is 0 Å². The lowest BCUT2D eigenvalue weighted by Gasteiger charge is -2.26. The number of hydrogen-bond acceptors (Lipinski definition) is 2. The molecule has 0 aromatic rings. The van der Waals surface area contributed by atoms with E-state index in [0.29, 0.717) is 6.04 Å². The van der Waals surface area contributed by atoms with E-state index in [2.05, 4.69) is 5.32 Å². The molecule has 2 fully saturated rings. The van der Waals surface area contributed by atoms with E-state index in [4.69, 9.17) is 0 Å². The van der Waals surface area contributed by atoms with Crippen molar-refractivity contribution < 1.29 is 9.59 Å². The molecule has 0 aromatic carbocycles. The number of hydrogen-bond donors (Lipinski definition) is 1. The van der Waals surface area contributed by atoms with Crippen LogP contribution in [0.5, 0.6) is 0 Å². The molecule has 11 heavy (non-hydrogen) atoms. The molecule has 2 amide bonds. The molecule has 0 radical (unpaired) electrons. The summed E-state index contributed by atoms with van der Waals surface area (Å²) in [6.07, 6.45) is 2.14. The first-order valence-corrected chi connectivity index (χ1v) is 3.83. The van der Waals surface area contributed by atoms with Gasteiger partial charge in [-0.25, -0.2) is 0 Å². The molecule has 0 bridgehead atoms. The Morgan fingerprint density at radius 2 is 2.09 bits per heavy atom. The number of amides is 2. The average molecular weight is 154 g/mol. The van der Waals surface area contributed by atoms with Crippen molar-refractivity contribution in [2.45, 2.75) is 18.9 Å². The predicted molar refractivity (Wildman–Crippen MR) is 37.7 cm³/mol. The fourth-order valence-corrected chi connectivity index (χ4v) is 1.29. The second-order valence-corrected chi connectivity index (χ2v) is 3.03. The first-order chi connectivity index (χ1) is 5.27. The van der Waals surface area contributed by atoms with Gasteiger partial charge in [-0.1, -0.05) is 0 Å². The predicted octanol–water partition coefficient (Wildman–Crippen LogP) is -0.893. The van der Waals surface area contributed by atoms with Crippen molar-refractivity contribution in [3.8, 4) is 0 Å². The van der Waals surface area contributed by atoms with Gasteiger partial charge >= 0.3 is 0 Å². The third-order valence-corrected chi connectivity index (χ3v) is 2.06. The number of carbonyl (C=O) groups is 2. The van der Waals surface area contributed by atoms with Crippen LogP contribution in [0.1, 0.15) is 12.8 Å². The van der Waals surface area contributed by atoms with Crippen LogP contribution in [0.2, 0.25) is 0 Å². The van der Waals surface area contributed by atoms with Gasteiger partial charge in [-0.15, -0.1) is 0 Å². The Morgan fingerprint density at radius 1 is 1.36 bits per heavy atom. The first-order valence-electron chi connectivity index (χ1n) is 3.83. The van der Waals surface area contributed by atoms with E-state index in [1.807, 2.05) is 0 Å². The molecule has 4 nitrogen and oxygen atoms in total. The Morgan fingerprint density at radius 3 is 2.73 bits per heavy atom. The molecule has 0 spiro atoms. The molecule has 1 heterocycles. The summed E-state index contributed by atoms with van der Waals surface area (Å²) in [6.45, 7) is 0.457. The van der Waals surface area contributed by atoms with Gasteiger partial charge in [0.05, 0.1) is 13.1 Å². The Labute approximate surface area is 64.5 Å². The summed E-state index contributed by atoms with van der Waals surface area (Å²) in [4.78, 5) is 23.7. The van der Waals surface area contributed by atoms with Crippen molar-refractivity contribution in [3.05, 3.63) is 0 Å². The second-order valence-electron chi connectivity index (χ2n) is 3.03. The van der Waals surface area contributed by atoms with Gasteiger partial charge in [0.25, 0.3) is 0 Å². The summed E-state index contributed by atoms with van der Waals surface area (Å²) in [5, 5.41) is 2.51. The molecule has 1 N–H and O–H groups in total. The van der Waals surface area contributed by atoms with E-state index >= 15 is 0 Å². The van der Waals surface area contributed by atoms with Gasteiger partial charge in [-0.05, 0) is 12.8 Å². The van der Waals surface area contributed by atoms with E-state index < -0.39 is 0 Å². The molecule has 60 valence electrons. The Balaban J connectivity index is 2.03. The van der Waals surface area contributed by atoms with Gasteiger partial charge in [0.2, 0.25) is 11.8 Å². The Kier molecular flexibility index (Phi) is 1.34. The van der Waals surface area contributed by atoms with Crippen LogP contribution < -0.4 is 5.32 Å². The van der Waals surface area contributed by atoms with Crippen LogP contribution in [0.3, 0.4) is 0 Å². The topological polar surface area (TPSA) is 49.4 Å². The second kappa shape index (κ2) is 2.22. The normalized spacial score (nSPS) is 25.3. The maximum Gasteiger partial charge on any atom is 0.242 e. The molecule has 1 aliphatic heterocycles. The number of carbonyl (C=O) groups excluding carboxylic acids is 2. The number of nitrogens with one attached hydrogen (secondary N) is 1. The molecule has 2 rings (SSSR count). The van der Waals surface area contributed by atoms with Gasteiger partial charge in [0.15, 0.2) is 0 Å². The van der Waals surface area contributed by atoms with Gasteiger partial charge < -0.3 is 10.2 Å². The zero-order valence-electron chi connectivity index (χ0n) is 6.17. The standard InChI is InChI=1S/C7H10N2O2/c10-6-4-9(5-1-2-5)7(11)3-8-6/h5H,1-4H2,(H,8,10). The highest BCUT2D eigenvalue weighted by Crippen LogP contribution is 2.27. The van der Waals surface area contributed by atoms with Crippen LogP contribution in [-0.4, -0.2) is 35.8 Å². The Bertz CT molecular complexity index is 210.